The van der Waals surface area contributed by atoms with E-state index in [4.69, 9.17) is 0 Å². The van der Waals surface area contributed by atoms with E-state index in [1.54, 1.807) is 0 Å². The van der Waals surface area contributed by atoms with Gasteiger partial charge in [0, 0.05) is 12.8 Å². The van der Waals surface area contributed by atoms with Crippen molar-refractivity contribution in [1.29, 1.82) is 0 Å². The van der Waals surface area contributed by atoms with E-state index in [9.17, 15) is 9.90 Å². The minimum atomic E-state index is -0.376. The van der Waals surface area contributed by atoms with Gasteiger partial charge >= 0.3 is 0 Å². The minimum Gasteiger partial charge on any atom is -0.392 e. The second-order valence-corrected chi connectivity index (χ2v) is 4.91. The van der Waals surface area contributed by atoms with E-state index in [0.29, 0.717) is 18.8 Å². The van der Waals surface area contributed by atoms with Crippen LogP contribution in [0.1, 0.15) is 45.4 Å². The van der Waals surface area contributed by atoms with Crippen LogP contribution >= 0.6 is 0 Å². The third-order valence-electron chi connectivity index (χ3n) is 4.11. The van der Waals surface area contributed by atoms with Crippen molar-refractivity contribution in [2.45, 2.75) is 51.6 Å². The minimum absolute atomic E-state index is 0.0478. The summed E-state index contributed by atoms with van der Waals surface area (Å²) in [5, 5.41) is 9.91. The van der Waals surface area contributed by atoms with Gasteiger partial charge in [-0.05, 0) is 24.2 Å². The van der Waals surface area contributed by atoms with Gasteiger partial charge in [-0.25, -0.2) is 0 Å². The Morgan fingerprint density at radius 2 is 2.15 bits per heavy atom. The number of carbonyl (C=O) groups excluding carboxylic acids is 1. The quantitative estimate of drug-likeness (QED) is 0.621. The lowest BCUT2D eigenvalue weighted by molar-refractivity contribution is -0.136. The van der Waals surface area contributed by atoms with Crippen LogP contribution in [-0.4, -0.2) is 17.0 Å². The molecule has 0 radical (unpaired) electrons. The third kappa shape index (κ3) is 1.41. The maximum atomic E-state index is 11.3. The monoisotopic (exact) mass is 182 g/mol. The van der Waals surface area contributed by atoms with Crippen LogP contribution in [0, 0.1) is 11.3 Å². The molecule has 2 aliphatic carbocycles. The maximum absolute atomic E-state index is 11.3. The smallest absolute Gasteiger partial charge is 0.135 e. The maximum Gasteiger partial charge on any atom is 0.135 e. The lowest BCUT2D eigenvalue weighted by atomic mass is 9.59. The fourth-order valence-electron chi connectivity index (χ4n) is 3.01. The molecule has 2 nitrogen and oxygen atoms in total. The normalized spacial score (nSPS) is 45.8. The molecule has 0 aromatic carbocycles. The summed E-state index contributed by atoms with van der Waals surface area (Å²) in [7, 11) is 0. The highest BCUT2D eigenvalue weighted by Gasteiger charge is 2.46. The number of carbonyl (C=O) groups is 1. The molecule has 0 saturated heterocycles. The second kappa shape index (κ2) is 3.09. The van der Waals surface area contributed by atoms with Crippen molar-refractivity contribution in [3.8, 4) is 0 Å². The first-order chi connectivity index (χ1) is 6.13. The first-order valence-corrected chi connectivity index (χ1v) is 5.33. The fraction of sp³-hybridized carbons (Fsp3) is 0.909. The Kier molecular flexibility index (Phi) is 2.18. The van der Waals surface area contributed by atoms with Gasteiger partial charge in [0.05, 0.1) is 6.10 Å². The van der Waals surface area contributed by atoms with Gasteiger partial charge in [0.25, 0.3) is 0 Å². The number of hydrogen-bond donors (Lipinski definition) is 1. The Balaban J connectivity index is 2.19. The number of fused-ring (bicyclic) bond motifs is 1. The van der Waals surface area contributed by atoms with Crippen molar-refractivity contribution in [3.63, 3.8) is 0 Å². The molecular formula is C11H18O2. The van der Waals surface area contributed by atoms with Gasteiger partial charge in [-0.3, -0.25) is 4.79 Å². The highest BCUT2D eigenvalue weighted by molar-refractivity contribution is 5.80. The Labute approximate surface area is 79.3 Å². The van der Waals surface area contributed by atoms with Gasteiger partial charge in [0.2, 0.25) is 0 Å². The molecule has 74 valence electrons. The molecule has 2 rings (SSSR count). The van der Waals surface area contributed by atoms with E-state index in [1.165, 1.54) is 12.8 Å². The van der Waals surface area contributed by atoms with E-state index in [-0.39, 0.29) is 17.3 Å². The molecule has 1 unspecified atom stereocenters. The lowest BCUT2D eigenvalue weighted by Crippen LogP contribution is -2.47. The first kappa shape index (κ1) is 9.20. The van der Waals surface area contributed by atoms with Crippen molar-refractivity contribution >= 4 is 5.78 Å². The summed E-state index contributed by atoms with van der Waals surface area (Å²) in [6, 6.07) is 0. The Bertz CT molecular complexity index is 224. The largest absolute Gasteiger partial charge is 0.392 e. The molecule has 0 aliphatic heterocycles. The number of rotatable bonds is 0. The Morgan fingerprint density at radius 1 is 1.38 bits per heavy atom. The van der Waals surface area contributed by atoms with Gasteiger partial charge in [-0.2, -0.15) is 0 Å². The van der Waals surface area contributed by atoms with Crippen LogP contribution in [0.15, 0.2) is 0 Å². The van der Waals surface area contributed by atoms with Crippen molar-refractivity contribution in [2.75, 3.05) is 0 Å². The highest BCUT2D eigenvalue weighted by atomic mass is 16.3. The van der Waals surface area contributed by atoms with Gasteiger partial charge in [0.1, 0.15) is 5.78 Å². The van der Waals surface area contributed by atoms with Crippen LogP contribution in [0.2, 0.25) is 0 Å². The zero-order chi connectivity index (χ0) is 9.47. The molecule has 0 spiro atoms. The predicted octanol–water partition coefficient (Wildman–Crippen LogP) is 1.91. The fourth-order valence-corrected chi connectivity index (χ4v) is 3.01. The number of hydrogen-bond acceptors (Lipinski definition) is 2. The Hall–Kier alpha value is -0.370. The van der Waals surface area contributed by atoms with Gasteiger partial charge in [-0.15, -0.1) is 0 Å². The topological polar surface area (TPSA) is 37.3 Å². The summed E-state index contributed by atoms with van der Waals surface area (Å²) >= 11 is 0. The van der Waals surface area contributed by atoms with Crippen LogP contribution in [0.5, 0.6) is 0 Å². The molecule has 0 aromatic heterocycles. The second-order valence-electron chi connectivity index (χ2n) is 4.91. The third-order valence-corrected chi connectivity index (χ3v) is 4.11. The molecule has 0 bridgehead atoms. The summed E-state index contributed by atoms with van der Waals surface area (Å²) in [4.78, 5) is 11.3. The average Bonchev–Trinajstić information content (AvgIpc) is 2.07. The average molecular weight is 182 g/mol. The van der Waals surface area contributed by atoms with Crippen LogP contribution in [0.4, 0.5) is 0 Å². The zero-order valence-corrected chi connectivity index (χ0v) is 8.25. The van der Waals surface area contributed by atoms with Crippen molar-refractivity contribution in [1.82, 2.24) is 0 Å². The molecule has 2 aliphatic rings. The van der Waals surface area contributed by atoms with Crippen LogP contribution in [-0.2, 0) is 4.79 Å². The molecule has 1 N–H and O–H groups in total. The van der Waals surface area contributed by atoms with E-state index >= 15 is 0 Å². The molecule has 13 heavy (non-hydrogen) atoms. The van der Waals surface area contributed by atoms with Gasteiger partial charge in [0.15, 0.2) is 0 Å². The van der Waals surface area contributed by atoms with Crippen molar-refractivity contribution < 1.29 is 9.90 Å². The van der Waals surface area contributed by atoms with Crippen LogP contribution in [0.25, 0.3) is 0 Å². The van der Waals surface area contributed by atoms with Crippen LogP contribution in [0.3, 0.4) is 0 Å². The lowest BCUT2D eigenvalue weighted by Gasteiger charge is -2.47. The summed E-state index contributed by atoms with van der Waals surface area (Å²) < 4.78 is 0. The number of ketones is 1. The van der Waals surface area contributed by atoms with Crippen molar-refractivity contribution in [2.24, 2.45) is 11.3 Å². The van der Waals surface area contributed by atoms with E-state index in [2.05, 4.69) is 6.92 Å². The number of aliphatic hydroxyl groups excluding tert-OH is 1. The Morgan fingerprint density at radius 3 is 2.92 bits per heavy atom. The summed E-state index contributed by atoms with van der Waals surface area (Å²) in [6.45, 7) is 2.16. The van der Waals surface area contributed by atoms with Crippen LogP contribution < -0.4 is 0 Å². The van der Waals surface area contributed by atoms with E-state index in [1.807, 2.05) is 0 Å². The number of Topliss-reactive ketones (excluding diaryl/α,β-unsaturated/α-hetero) is 1. The standard InChI is InChI=1S/C11H18O2/c1-11-5-3-2-4-8(11)6-9(12)7-10(11)13/h8,10,13H,2-7H2,1H3/t8-,10?,11+/m1/s1. The predicted molar refractivity (Wildman–Crippen MR) is 50.3 cm³/mol. The molecule has 2 saturated carbocycles. The number of aliphatic hydroxyl groups is 1. The highest BCUT2D eigenvalue weighted by Crippen LogP contribution is 2.49. The van der Waals surface area contributed by atoms with E-state index in [0.717, 1.165) is 12.8 Å². The van der Waals surface area contributed by atoms with Crippen molar-refractivity contribution in [3.05, 3.63) is 0 Å². The molecule has 2 fully saturated rings. The molecule has 3 atom stereocenters. The summed E-state index contributed by atoms with van der Waals surface area (Å²) in [6.07, 6.45) is 5.43. The molecule has 2 heteroatoms. The molecule has 0 heterocycles. The SMILES string of the molecule is C[C@]12CCCC[C@@H]1CC(=O)CC2O. The first-order valence-electron chi connectivity index (χ1n) is 5.33. The summed E-state index contributed by atoms with van der Waals surface area (Å²) in [5.41, 5.74) is 0.0478. The van der Waals surface area contributed by atoms with Gasteiger partial charge < -0.3 is 5.11 Å². The zero-order valence-electron chi connectivity index (χ0n) is 8.25. The molecular weight excluding hydrogens is 164 g/mol. The summed E-state index contributed by atoms with van der Waals surface area (Å²) in [5.74, 6) is 0.717. The molecule has 0 amide bonds. The van der Waals surface area contributed by atoms with Gasteiger partial charge in [-0.1, -0.05) is 19.8 Å². The van der Waals surface area contributed by atoms with E-state index < -0.39 is 0 Å². The molecule has 0 aromatic rings.